The van der Waals surface area contributed by atoms with Crippen molar-refractivity contribution in [2.45, 2.75) is 47.0 Å². The average Bonchev–Trinajstić information content (AvgIpc) is 2.47. The van der Waals surface area contributed by atoms with Crippen molar-refractivity contribution in [3.05, 3.63) is 37.0 Å². The molecule has 6 nitrogen and oxygen atoms in total. The van der Waals surface area contributed by atoms with Crippen LogP contribution in [0.5, 0.6) is 0 Å². The van der Waals surface area contributed by atoms with Crippen LogP contribution in [0.2, 0.25) is 0 Å². The number of ether oxygens (including phenoxy) is 1. The number of rotatable bonds is 8. The standard InChI is InChI=1S/C8H14O2.C7H12O2.C3H4O2/c1-4-5-6-10-8(9)7(2)3;1-5(2)4-6(3)7(8)9;1-2-3(4)5/h2,4-6H2,1,3H3;5H,3-4H2,1-2H3,(H,8,9);2H,1H2,(H,4,5). The molecule has 24 heavy (non-hydrogen) atoms. The molecular formula is C18H30O6. The molecule has 0 saturated carbocycles. The molecule has 0 bridgehead atoms. The molecule has 0 spiro atoms. The Labute approximate surface area is 144 Å². The Balaban J connectivity index is -0.000000291. The van der Waals surface area contributed by atoms with Gasteiger partial charge in [-0.15, -0.1) is 0 Å². The van der Waals surface area contributed by atoms with E-state index in [-0.39, 0.29) is 5.97 Å². The fourth-order valence-electron chi connectivity index (χ4n) is 1.01. The van der Waals surface area contributed by atoms with Gasteiger partial charge in [-0.2, -0.15) is 0 Å². The number of carboxylic acid groups (broad SMARTS) is 2. The zero-order valence-electron chi connectivity index (χ0n) is 15.1. The first-order chi connectivity index (χ1) is 11.0. The molecule has 0 aliphatic carbocycles. The van der Waals surface area contributed by atoms with Crippen LogP contribution >= 0.6 is 0 Å². The molecule has 0 saturated heterocycles. The Morgan fingerprint density at radius 1 is 1.17 bits per heavy atom. The molecule has 0 heterocycles. The van der Waals surface area contributed by atoms with Crippen molar-refractivity contribution in [2.24, 2.45) is 5.92 Å². The smallest absolute Gasteiger partial charge is 0.333 e. The summed E-state index contributed by atoms with van der Waals surface area (Å²) in [6.45, 7) is 18.0. The van der Waals surface area contributed by atoms with Crippen molar-refractivity contribution >= 4 is 17.9 Å². The number of hydrogen-bond donors (Lipinski definition) is 2. The Kier molecular flexibility index (Phi) is 18.8. The second kappa shape index (κ2) is 17.0. The van der Waals surface area contributed by atoms with E-state index in [0.717, 1.165) is 18.9 Å². The number of esters is 1. The van der Waals surface area contributed by atoms with Crippen LogP contribution in [0.25, 0.3) is 0 Å². The van der Waals surface area contributed by atoms with Crippen LogP contribution in [0.15, 0.2) is 37.0 Å². The summed E-state index contributed by atoms with van der Waals surface area (Å²) < 4.78 is 4.81. The van der Waals surface area contributed by atoms with Gasteiger partial charge in [0.15, 0.2) is 0 Å². The molecule has 0 aromatic carbocycles. The first-order valence-corrected chi connectivity index (χ1v) is 7.58. The van der Waals surface area contributed by atoms with Crippen LogP contribution < -0.4 is 0 Å². The van der Waals surface area contributed by atoms with Gasteiger partial charge in [-0.05, 0) is 25.7 Å². The van der Waals surface area contributed by atoms with Crippen molar-refractivity contribution in [3.8, 4) is 0 Å². The van der Waals surface area contributed by atoms with Crippen LogP contribution in [0.3, 0.4) is 0 Å². The average molecular weight is 342 g/mol. The fourth-order valence-corrected chi connectivity index (χ4v) is 1.01. The number of carbonyl (C=O) groups is 3. The molecule has 0 aromatic heterocycles. The molecular weight excluding hydrogens is 312 g/mol. The van der Waals surface area contributed by atoms with Crippen LogP contribution in [0, 0.1) is 5.92 Å². The van der Waals surface area contributed by atoms with E-state index in [1.54, 1.807) is 6.92 Å². The predicted octanol–water partition coefficient (Wildman–Crippen LogP) is 3.84. The Bertz CT molecular complexity index is 435. The molecule has 6 heteroatoms. The van der Waals surface area contributed by atoms with Crippen molar-refractivity contribution in [3.63, 3.8) is 0 Å². The summed E-state index contributed by atoms with van der Waals surface area (Å²) in [5, 5.41) is 15.9. The van der Waals surface area contributed by atoms with E-state index in [0.29, 0.717) is 30.1 Å². The minimum absolute atomic E-state index is 0.284. The molecule has 0 aliphatic heterocycles. The summed E-state index contributed by atoms with van der Waals surface area (Å²) in [5.74, 6) is -1.77. The second-order valence-electron chi connectivity index (χ2n) is 5.32. The lowest BCUT2D eigenvalue weighted by atomic mass is 10.1. The Hall–Kier alpha value is -2.37. The molecule has 2 N–H and O–H groups in total. The summed E-state index contributed by atoms with van der Waals surface area (Å²) in [6.07, 6.45) is 3.39. The van der Waals surface area contributed by atoms with Gasteiger partial charge in [-0.3, -0.25) is 0 Å². The minimum Gasteiger partial charge on any atom is -0.478 e. The van der Waals surface area contributed by atoms with E-state index in [1.807, 2.05) is 13.8 Å². The highest BCUT2D eigenvalue weighted by Gasteiger charge is 2.04. The summed E-state index contributed by atoms with van der Waals surface area (Å²) in [4.78, 5) is 30.1. The maximum absolute atomic E-state index is 10.7. The van der Waals surface area contributed by atoms with Crippen LogP contribution in [-0.4, -0.2) is 34.7 Å². The van der Waals surface area contributed by atoms with E-state index in [1.165, 1.54) is 0 Å². The van der Waals surface area contributed by atoms with Gasteiger partial charge in [0.05, 0.1) is 6.61 Å². The van der Waals surface area contributed by atoms with Gasteiger partial charge in [0, 0.05) is 17.2 Å². The van der Waals surface area contributed by atoms with Crippen molar-refractivity contribution in [1.82, 2.24) is 0 Å². The second-order valence-corrected chi connectivity index (χ2v) is 5.32. The minimum atomic E-state index is -0.981. The van der Waals surface area contributed by atoms with E-state index in [2.05, 4.69) is 26.7 Å². The number of carbonyl (C=O) groups excluding carboxylic acids is 1. The van der Waals surface area contributed by atoms with Crippen LogP contribution in [0.1, 0.15) is 47.0 Å². The molecule has 0 aliphatic rings. The third kappa shape index (κ3) is 24.6. The fraction of sp³-hybridized carbons (Fsp3) is 0.500. The van der Waals surface area contributed by atoms with Gasteiger partial charge in [0.25, 0.3) is 0 Å². The third-order valence-corrected chi connectivity index (χ3v) is 2.21. The van der Waals surface area contributed by atoms with Crippen LogP contribution in [-0.2, 0) is 19.1 Å². The van der Waals surface area contributed by atoms with E-state index >= 15 is 0 Å². The van der Waals surface area contributed by atoms with E-state index in [9.17, 15) is 14.4 Å². The van der Waals surface area contributed by atoms with Crippen molar-refractivity contribution in [2.75, 3.05) is 6.61 Å². The SMILES string of the molecule is C=C(C)C(=O)OCCCC.C=C(CC(C)C)C(=O)O.C=CC(=O)O. The topological polar surface area (TPSA) is 101 Å². The highest BCUT2D eigenvalue weighted by atomic mass is 16.5. The lowest BCUT2D eigenvalue weighted by molar-refractivity contribution is -0.139. The molecule has 0 fully saturated rings. The zero-order chi connectivity index (χ0) is 19.7. The van der Waals surface area contributed by atoms with E-state index in [4.69, 9.17) is 14.9 Å². The lowest BCUT2D eigenvalue weighted by Gasteiger charge is -2.01. The molecule has 0 rings (SSSR count). The van der Waals surface area contributed by atoms with Gasteiger partial charge in [-0.1, -0.05) is 46.9 Å². The maximum atomic E-state index is 10.7. The summed E-state index contributed by atoms with van der Waals surface area (Å²) in [6, 6.07) is 0. The van der Waals surface area contributed by atoms with Gasteiger partial charge in [0.2, 0.25) is 0 Å². The molecule has 0 aromatic rings. The first-order valence-electron chi connectivity index (χ1n) is 7.58. The molecule has 0 amide bonds. The largest absolute Gasteiger partial charge is 0.478 e. The maximum Gasteiger partial charge on any atom is 0.333 e. The van der Waals surface area contributed by atoms with Gasteiger partial charge in [0.1, 0.15) is 0 Å². The predicted molar refractivity (Wildman–Crippen MR) is 94.7 cm³/mol. The number of hydrogen-bond acceptors (Lipinski definition) is 4. The number of unbranched alkanes of at least 4 members (excludes halogenated alkanes) is 1. The Morgan fingerprint density at radius 2 is 1.62 bits per heavy atom. The molecule has 0 radical (unpaired) electrons. The monoisotopic (exact) mass is 342 g/mol. The van der Waals surface area contributed by atoms with Crippen LogP contribution in [0.4, 0.5) is 0 Å². The highest BCUT2D eigenvalue weighted by Crippen LogP contribution is 2.07. The molecule has 0 atom stereocenters. The quantitative estimate of drug-likeness (QED) is 0.395. The molecule has 138 valence electrons. The lowest BCUT2D eigenvalue weighted by Crippen LogP contribution is -2.05. The summed E-state index contributed by atoms with van der Waals surface area (Å²) >= 11 is 0. The van der Waals surface area contributed by atoms with Crippen molar-refractivity contribution in [1.29, 1.82) is 0 Å². The zero-order valence-corrected chi connectivity index (χ0v) is 15.1. The Morgan fingerprint density at radius 3 is 1.83 bits per heavy atom. The highest BCUT2D eigenvalue weighted by molar-refractivity contribution is 5.87. The third-order valence-electron chi connectivity index (χ3n) is 2.21. The van der Waals surface area contributed by atoms with Crippen molar-refractivity contribution < 1.29 is 29.3 Å². The first kappa shape index (κ1) is 26.5. The summed E-state index contributed by atoms with van der Waals surface area (Å²) in [5.41, 5.74) is 0.765. The number of aliphatic carboxylic acids is 2. The van der Waals surface area contributed by atoms with E-state index < -0.39 is 11.9 Å². The summed E-state index contributed by atoms with van der Waals surface area (Å²) in [7, 11) is 0. The van der Waals surface area contributed by atoms with Gasteiger partial charge in [-0.25, -0.2) is 14.4 Å². The van der Waals surface area contributed by atoms with Gasteiger partial charge < -0.3 is 14.9 Å². The normalized spacial score (nSPS) is 8.71. The molecule has 0 unspecified atom stereocenters. The number of carboxylic acids is 2. The van der Waals surface area contributed by atoms with Gasteiger partial charge >= 0.3 is 17.9 Å².